The minimum atomic E-state index is -3.98. The molecule has 0 bridgehead atoms. The zero-order chi connectivity index (χ0) is 19.0. The van der Waals surface area contributed by atoms with Crippen LogP contribution in [-0.4, -0.2) is 55.4 Å². The fourth-order valence-electron chi connectivity index (χ4n) is 2.31. The highest BCUT2D eigenvalue weighted by Crippen LogP contribution is 2.24. The lowest BCUT2D eigenvalue weighted by Gasteiger charge is -2.30. The number of carbonyl (C=O) groups is 1. The first-order valence-corrected chi connectivity index (χ1v) is 9.73. The molecule has 142 valence electrons. The molecule has 1 rings (SSSR count). The van der Waals surface area contributed by atoms with Gasteiger partial charge in [-0.05, 0) is 30.2 Å². The predicted molar refractivity (Wildman–Crippen MR) is 95.7 cm³/mol. The quantitative estimate of drug-likeness (QED) is 0.390. The van der Waals surface area contributed by atoms with Crippen LogP contribution >= 0.6 is 12.6 Å². The average molecular weight is 392 g/mol. The van der Waals surface area contributed by atoms with Gasteiger partial charge >= 0.3 is 5.97 Å². The van der Waals surface area contributed by atoms with Crippen LogP contribution < -0.4 is 10.6 Å². The average Bonchev–Trinajstić information content (AvgIpc) is 2.59. The van der Waals surface area contributed by atoms with E-state index in [1.807, 2.05) is 0 Å². The Labute approximate surface area is 153 Å². The topological polar surface area (TPSA) is 119 Å². The second kappa shape index (κ2) is 9.97. The van der Waals surface area contributed by atoms with Crippen molar-refractivity contribution in [3.05, 3.63) is 24.3 Å². The molecule has 0 heterocycles. The molecule has 0 aromatic heterocycles. The third-order valence-electron chi connectivity index (χ3n) is 3.41. The van der Waals surface area contributed by atoms with Gasteiger partial charge in [-0.15, -0.1) is 0 Å². The number of aliphatic hydroxyl groups is 1. The third kappa shape index (κ3) is 5.58. The molecule has 0 amide bonds. The van der Waals surface area contributed by atoms with E-state index in [9.17, 15) is 13.2 Å². The number of thiol groups is 1. The first-order valence-electron chi connectivity index (χ1n) is 7.66. The molecule has 0 saturated carbocycles. The molecule has 0 fully saturated rings. The molecule has 0 aliphatic carbocycles. The number of aliphatic hydroxyl groups excluding tert-OH is 1. The monoisotopic (exact) mass is 392 g/mol. The minimum Gasteiger partial charge on any atom is -0.491 e. The van der Waals surface area contributed by atoms with Crippen LogP contribution in [0.15, 0.2) is 29.2 Å². The van der Waals surface area contributed by atoms with Crippen LogP contribution in [0.1, 0.15) is 13.8 Å². The number of nitrogens with zero attached hydrogens (tertiary/aromatic N) is 1. The third-order valence-corrected chi connectivity index (χ3v) is 5.51. The van der Waals surface area contributed by atoms with E-state index in [0.717, 1.165) is 4.31 Å². The summed E-state index contributed by atoms with van der Waals surface area (Å²) in [5.74, 6) is 4.43. The number of ether oxygens (including phenoxy) is 1. The molecule has 1 unspecified atom stereocenters. The Morgan fingerprint density at radius 2 is 1.92 bits per heavy atom. The second-order valence-electron chi connectivity index (χ2n) is 5.51. The predicted octanol–water partition coefficient (Wildman–Crippen LogP) is 0.420. The smallest absolute Gasteiger partial charge is 0.343 e. The van der Waals surface area contributed by atoms with E-state index >= 15 is 0 Å². The highest BCUT2D eigenvalue weighted by Gasteiger charge is 2.38. The number of rotatable bonds is 10. The fourth-order valence-corrected chi connectivity index (χ4v) is 4.37. The van der Waals surface area contributed by atoms with Gasteiger partial charge in [-0.1, -0.05) is 13.8 Å². The summed E-state index contributed by atoms with van der Waals surface area (Å²) >= 11 is 4.09. The van der Waals surface area contributed by atoms with Crippen LogP contribution in [-0.2, 0) is 19.7 Å². The molecule has 1 atom stereocenters. The van der Waals surface area contributed by atoms with Crippen molar-refractivity contribution in [1.82, 2.24) is 4.31 Å². The summed E-state index contributed by atoms with van der Waals surface area (Å²) in [5, 5.41) is 8.74. The maximum atomic E-state index is 13.0. The highest BCUT2D eigenvalue weighted by molar-refractivity contribution is 7.89. The Hall–Kier alpha value is -1.33. The van der Waals surface area contributed by atoms with E-state index in [2.05, 4.69) is 17.5 Å². The van der Waals surface area contributed by atoms with Crippen molar-refractivity contribution >= 4 is 28.6 Å². The van der Waals surface area contributed by atoms with Gasteiger partial charge in [-0.3, -0.25) is 0 Å². The first kappa shape index (κ1) is 21.7. The maximum absolute atomic E-state index is 13.0. The number of carbonyl (C=O) groups excluding carboxylic acids is 1. The van der Waals surface area contributed by atoms with Crippen molar-refractivity contribution < 1.29 is 27.9 Å². The van der Waals surface area contributed by atoms with Crippen LogP contribution in [0, 0.1) is 5.92 Å². The Morgan fingerprint density at radius 1 is 1.32 bits per heavy atom. The molecular weight excluding hydrogens is 368 g/mol. The van der Waals surface area contributed by atoms with Crippen molar-refractivity contribution in [2.75, 3.05) is 25.5 Å². The van der Waals surface area contributed by atoms with Crippen molar-refractivity contribution in [1.29, 1.82) is 0 Å². The SMILES string of the molecule is CC(C)C(C(=O)ON)N(CCS)S(=O)(=O)c1ccc(OCCO)cc1. The van der Waals surface area contributed by atoms with Crippen molar-refractivity contribution in [2.45, 2.75) is 24.8 Å². The van der Waals surface area contributed by atoms with E-state index in [1.165, 1.54) is 24.3 Å². The molecule has 0 saturated heterocycles. The standard InChI is InChI=1S/C15H24N2O6S2/c1-11(2)14(15(19)23-16)17(7-10-24)25(20,21)13-5-3-12(4-6-13)22-9-8-18/h3-6,11,14,18,24H,7-10,16H2,1-2H3. The van der Waals surface area contributed by atoms with E-state index in [1.54, 1.807) is 13.8 Å². The van der Waals surface area contributed by atoms with Crippen LogP contribution in [0.5, 0.6) is 5.75 Å². The normalized spacial score (nSPS) is 13.1. The molecule has 0 aliphatic rings. The van der Waals surface area contributed by atoms with Gasteiger partial charge in [0.15, 0.2) is 0 Å². The summed E-state index contributed by atoms with van der Waals surface area (Å²) in [5.41, 5.74) is 0. The van der Waals surface area contributed by atoms with Gasteiger partial charge in [0.25, 0.3) is 0 Å². The number of benzene rings is 1. The maximum Gasteiger partial charge on any atom is 0.343 e. The van der Waals surface area contributed by atoms with Crippen molar-refractivity contribution in [2.24, 2.45) is 11.8 Å². The summed E-state index contributed by atoms with van der Waals surface area (Å²) < 4.78 is 32.2. The van der Waals surface area contributed by atoms with Gasteiger partial charge < -0.3 is 14.7 Å². The molecule has 3 N–H and O–H groups in total. The van der Waals surface area contributed by atoms with Crippen LogP contribution in [0.3, 0.4) is 0 Å². The van der Waals surface area contributed by atoms with E-state index in [0.29, 0.717) is 5.75 Å². The van der Waals surface area contributed by atoms with Gasteiger partial charge in [0.05, 0.1) is 11.5 Å². The van der Waals surface area contributed by atoms with Gasteiger partial charge in [0, 0.05) is 12.3 Å². The lowest BCUT2D eigenvalue weighted by atomic mass is 10.1. The lowest BCUT2D eigenvalue weighted by Crippen LogP contribution is -2.50. The van der Waals surface area contributed by atoms with Crippen LogP contribution in [0.4, 0.5) is 0 Å². The van der Waals surface area contributed by atoms with Gasteiger partial charge in [0.2, 0.25) is 10.0 Å². The molecule has 0 aliphatic heterocycles. The number of nitrogens with two attached hydrogens (primary N) is 1. The van der Waals surface area contributed by atoms with Crippen molar-refractivity contribution in [3.8, 4) is 5.75 Å². The van der Waals surface area contributed by atoms with Crippen molar-refractivity contribution in [3.63, 3.8) is 0 Å². The highest BCUT2D eigenvalue weighted by atomic mass is 32.2. The molecule has 1 aromatic rings. The summed E-state index contributed by atoms with van der Waals surface area (Å²) in [6.45, 7) is 3.39. The second-order valence-corrected chi connectivity index (χ2v) is 7.85. The molecule has 0 radical (unpaired) electrons. The van der Waals surface area contributed by atoms with Gasteiger partial charge in [-0.2, -0.15) is 22.8 Å². The summed E-state index contributed by atoms with van der Waals surface area (Å²) in [4.78, 5) is 16.3. The molecular formula is C15H24N2O6S2. The van der Waals surface area contributed by atoms with Crippen LogP contribution in [0.25, 0.3) is 0 Å². The minimum absolute atomic E-state index is 0.00102. The Kier molecular flexibility index (Phi) is 8.66. The molecule has 8 nitrogen and oxygen atoms in total. The van der Waals surface area contributed by atoms with Gasteiger partial charge in [-0.25, -0.2) is 13.2 Å². The number of hydrogen-bond acceptors (Lipinski definition) is 8. The Bertz CT molecular complexity index is 648. The fraction of sp³-hybridized carbons (Fsp3) is 0.533. The number of hydrogen-bond donors (Lipinski definition) is 3. The van der Waals surface area contributed by atoms with Gasteiger partial charge in [0.1, 0.15) is 18.4 Å². The molecule has 10 heteroatoms. The molecule has 0 spiro atoms. The zero-order valence-corrected chi connectivity index (χ0v) is 15.9. The van der Waals surface area contributed by atoms with E-state index in [-0.39, 0.29) is 36.3 Å². The lowest BCUT2D eigenvalue weighted by molar-refractivity contribution is -0.150. The largest absolute Gasteiger partial charge is 0.491 e. The van der Waals surface area contributed by atoms with E-state index in [4.69, 9.17) is 15.7 Å². The number of sulfonamides is 1. The summed E-state index contributed by atoms with van der Waals surface area (Å²) in [7, 11) is -3.98. The van der Waals surface area contributed by atoms with Crippen LogP contribution in [0.2, 0.25) is 0 Å². The summed E-state index contributed by atoms with van der Waals surface area (Å²) in [6, 6.07) is 4.64. The molecule has 1 aromatic carbocycles. The zero-order valence-electron chi connectivity index (χ0n) is 14.2. The molecule has 25 heavy (non-hydrogen) atoms. The first-order chi connectivity index (χ1) is 11.8. The Morgan fingerprint density at radius 3 is 2.36 bits per heavy atom. The van der Waals surface area contributed by atoms with E-state index < -0.39 is 22.0 Å². The summed E-state index contributed by atoms with van der Waals surface area (Å²) in [6.07, 6.45) is 0. The Balaban J connectivity index is 3.21.